The number of thiazole rings is 1. The van der Waals surface area contributed by atoms with Crippen molar-refractivity contribution in [3.8, 4) is 11.5 Å². The molecule has 4 heterocycles. The predicted octanol–water partition coefficient (Wildman–Crippen LogP) is -0.217. The van der Waals surface area contributed by atoms with Crippen molar-refractivity contribution in [3.63, 3.8) is 0 Å². The van der Waals surface area contributed by atoms with Gasteiger partial charge in [0, 0.05) is 24.4 Å². The number of nitrogens with one attached hydrogen (secondary N) is 1. The van der Waals surface area contributed by atoms with Crippen molar-refractivity contribution in [2.24, 2.45) is 11.1 Å². The van der Waals surface area contributed by atoms with Crippen LogP contribution in [-0.4, -0.2) is 123 Å². The quantitative estimate of drug-likeness (QED) is 0.0412. The summed E-state index contributed by atoms with van der Waals surface area (Å²) in [7, 11) is 0. The van der Waals surface area contributed by atoms with Gasteiger partial charge in [-0.3, -0.25) is 29.5 Å². The second-order valence-corrected chi connectivity index (χ2v) is 13.7. The maximum atomic E-state index is 14.2. The van der Waals surface area contributed by atoms with Crippen LogP contribution < -0.4 is 11.2 Å². The van der Waals surface area contributed by atoms with Gasteiger partial charge in [-0.15, -0.1) is 11.3 Å². The second kappa shape index (κ2) is 12.5. The average Bonchev–Trinajstić information content (AvgIpc) is 3.73. The molecule has 49 heavy (non-hydrogen) atoms. The molecule has 5 rings (SSSR count). The number of benzene rings is 1. The number of hydrazine groups is 1. The summed E-state index contributed by atoms with van der Waals surface area (Å²) in [6.07, 6.45) is -0.516. The zero-order chi connectivity index (χ0) is 36.2. The van der Waals surface area contributed by atoms with Crippen molar-refractivity contribution in [3.05, 3.63) is 34.6 Å². The minimum Gasteiger partial charge on any atom is -0.504 e. The van der Waals surface area contributed by atoms with Crippen molar-refractivity contribution < 1.29 is 63.2 Å². The van der Waals surface area contributed by atoms with Gasteiger partial charge in [0.1, 0.15) is 11.5 Å². The zero-order valence-corrected chi connectivity index (χ0v) is 26.9. The third-order valence-electron chi connectivity index (χ3n) is 7.80. The number of β-lactam (4-membered cyclic amide) rings is 1. The van der Waals surface area contributed by atoms with Crippen LogP contribution in [0.5, 0.6) is 11.5 Å². The normalized spacial score (nSPS) is 22.1. The topological polar surface area (TPSA) is 283 Å². The molecule has 19 nitrogen and oxygen atoms in total. The molecule has 0 saturated carbocycles. The summed E-state index contributed by atoms with van der Waals surface area (Å²) in [6.45, 7) is 1.27. The molecule has 0 spiro atoms. The lowest BCUT2D eigenvalue weighted by Gasteiger charge is -2.40. The fourth-order valence-electron chi connectivity index (χ4n) is 5.08. The summed E-state index contributed by atoms with van der Waals surface area (Å²) in [5, 5.41) is 43.5. The number of hydrogen-bond donors (Lipinski definition) is 6. The van der Waals surface area contributed by atoms with Gasteiger partial charge in [-0.1, -0.05) is 16.9 Å². The molecule has 3 aliphatic rings. The SMILES string of the molecule is CC(C)(O/N=C(\C(=O)CC1C(=O)N2C[C@@](C(=O)O)(N3CCN(NC(=O)C(=O)c4cc(O)c(O)cc4F)C3=O)S[C@H]12)c1csc(N)n1)C(=O)O. The molecule has 3 aliphatic heterocycles. The first-order chi connectivity index (χ1) is 22.9. The van der Waals surface area contributed by atoms with Gasteiger partial charge in [-0.2, -0.15) is 0 Å². The molecule has 3 fully saturated rings. The number of oxime groups is 1. The molecular formula is C27H26FN7O12S2. The van der Waals surface area contributed by atoms with Crippen molar-refractivity contribution in [2.45, 2.75) is 36.1 Å². The number of carbonyl (C=O) groups is 7. The minimum absolute atomic E-state index is 0.0375. The number of aliphatic carboxylic acids is 2. The minimum atomic E-state index is -2.08. The largest absolute Gasteiger partial charge is 0.504 e. The lowest BCUT2D eigenvalue weighted by atomic mass is 9.90. The number of aromatic hydroxyl groups is 2. The molecule has 1 unspecified atom stereocenters. The summed E-state index contributed by atoms with van der Waals surface area (Å²) in [5.74, 6) is -11.5. The number of thioether (sulfide) groups is 1. The first-order valence-electron chi connectivity index (χ1n) is 14.0. The third kappa shape index (κ3) is 6.14. The highest BCUT2D eigenvalue weighted by molar-refractivity contribution is 8.02. The Morgan fingerprint density at radius 1 is 1.16 bits per heavy atom. The number of urea groups is 1. The number of nitrogens with zero attached hydrogens (tertiary/aromatic N) is 5. The number of carboxylic acid groups (broad SMARTS) is 2. The maximum Gasteiger partial charge on any atom is 0.350 e. The number of ketones is 2. The zero-order valence-electron chi connectivity index (χ0n) is 25.3. The van der Waals surface area contributed by atoms with Crippen molar-refractivity contribution in [1.82, 2.24) is 25.2 Å². The number of nitrogens with two attached hydrogens (primary N) is 1. The Morgan fingerprint density at radius 3 is 2.45 bits per heavy atom. The van der Waals surface area contributed by atoms with Gasteiger partial charge in [0.05, 0.1) is 29.9 Å². The Balaban J connectivity index is 1.30. The van der Waals surface area contributed by atoms with E-state index in [1.54, 1.807) is 0 Å². The van der Waals surface area contributed by atoms with Gasteiger partial charge in [-0.25, -0.2) is 28.8 Å². The number of rotatable bonds is 12. The number of carbonyl (C=O) groups excluding carboxylic acids is 5. The first kappa shape index (κ1) is 34.8. The number of halogens is 1. The number of hydrogen-bond acceptors (Lipinski definition) is 15. The standard InChI is InChI=1S/C27H26FN7O12S2/c1-26(2,22(42)43)47-32-17(13-8-48-24(29)30-13)16(38)6-11-20(41)33-9-27(23(44)45,49-21(11)33)34-3-4-35(25(34)46)31-19(40)18(39)10-5-14(36)15(37)7-12(10)28/h5,7-8,11,21,36-37H,3-4,6,9H2,1-2H3,(H2,29,30)(H,31,40)(H,42,43)(H,44,45)/b32-17-/t11?,21-,27-/m1/s1. The number of nitrogen functional groups attached to an aromatic ring is 1. The molecule has 3 saturated heterocycles. The third-order valence-corrected chi connectivity index (χ3v) is 10.2. The van der Waals surface area contributed by atoms with Gasteiger partial charge >= 0.3 is 23.9 Å². The molecule has 2 aromatic rings. The van der Waals surface area contributed by atoms with Crippen LogP contribution in [0, 0.1) is 11.7 Å². The molecule has 3 atom stereocenters. The Morgan fingerprint density at radius 2 is 1.84 bits per heavy atom. The van der Waals surface area contributed by atoms with Gasteiger partial charge in [-0.05, 0) is 19.9 Å². The second-order valence-electron chi connectivity index (χ2n) is 11.4. The fourth-order valence-corrected chi connectivity index (χ4v) is 7.32. The molecule has 0 radical (unpaired) electrons. The van der Waals surface area contributed by atoms with E-state index in [9.17, 15) is 58.4 Å². The molecule has 260 valence electrons. The molecule has 7 N–H and O–H groups in total. The highest BCUT2D eigenvalue weighted by Gasteiger charge is 2.66. The van der Waals surface area contributed by atoms with E-state index in [4.69, 9.17) is 10.6 Å². The number of phenolic OH excluding ortho intramolecular Hbond substituents is 2. The monoisotopic (exact) mass is 723 g/mol. The van der Waals surface area contributed by atoms with E-state index in [0.29, 0.717) is 28.9 Å². The van der Waals surface area contributed by atoms with E-state index < -0.39 is 105 Å². The summed E-state index contributed by atoms with van der Waals surface area (Å²) in [6, 6.07) is -0.136. The number of carboxylic acids is 2. The maximum absolute atomic E-state index is 14.2. The van der Waals surface area contributed by atoms with Crippen LogP contribution in [0.2, 0.25) is 0 Å². The van der Waals surface area contributed by atoms with Crippen LogP contribution in [0.3, 0.4) is 0 Å². The lowest BCUT2D eigenvalue weighted by Crippen LogP contribution is -2.60. The smallest absolute Gasteiger partial charge is 0.350 e. The Bertz CT molecular complexity index is 1850. The molecule has 1 aromatic heterocycles. The van der Waals surface area contributed by atoms with Gasteiger partial charge < -0.3 is 35.9 Å². The van der Waals surface area contributed by atoms with Crippen LogP contribution in [0.15, 0.2) is 22.7 Å². The van der Waals surface area contributed by atoms with E-state index >= 15 is 0 Å². The molecule has 0 bridgehead atoms. The number of amides is 4. The molecule has 0 aliphatic carbocycles. The lowest BCUT2D eigenvalue weighted by molar-refractivity contribution is -0.161. The van der Waals surface area contributed by atoms with Crippen molar-refractivity contribution >= 4 is 75.3 Å². The summed E-state index contributed by atoms with van der Waals surface area (Å²) in [4.78, 5) is 98.2. The van der Waals surface area contributed by atoms with E-state index in [-0.39, 0.29) is 23.9 Å². The highest BCUT2D eigenvalue weighted by atomic mass is 32.2. The number of Topliss-reactive ketones (excluding diaryl/α,β-unsaturated/α-hetero) is 2. The van der Waals surface area contributed by atoms with Crippen LogP contribution in [0.1, 0.15) is 36.3 Å². The highest BCUT2D eigenvalue weighted by Crippen LogP contribution is 2.52. The molecular weight excluding hydrogens is 697 g/mol. The Hall–Kier alpha value is -5.51. The Labute approximate surface area is 282 Å². The number of phenols is 2. The van der Waals surface area contributed by atoms with Gasteiger partial charge in [0.2, 0.25) is 16.4 Å². The molecule has 4 amide bonds. The van der Waals surface area contributed by atoms with Crippen molar-refractivity contribution in [2.75, 3.05) is 25.4 Å². The van der Waals surface area contributed by atoms with Gasteiger partial charge in [0.15, 0.2) is 28.1 Å². The fraction of sp³-hybridized carbons (Fsp3) is 0.370. The van der Waals surface area contributed by atoms with E-state index in [2.05, 4.69) is 10.1 Å². The predicted molar refractivity (Wildman–Crippen MR) is 163 cm³/mol. The van der Waals surface area contributed by atoms with Crippen LogP contribution in [-0.2, 0) is 28.8 Å². The molecule has 22 heteroatoms. The van der Waals surface area contributed by atoms with Gasteiger partial charge in [0.25, 0.3) is 5.78 Å². The summed E-state index contributed by atoms with van der Waals surface area (Å²) < 4.78 is 14.2. The van der Waals surface area contributed by atoms with Crippen LogP contribution in [0.25, 0.3) is 0 Å². The van der Waals surface area contributed by atoms with Crippen molar-refractivity contribution in [1.29, 1.82) is 0 Å². The summed E-state index contributed by atoms with van der Waals surface area (Å²) in [5.41, 5.74) is 4.46. The molecule has 1 aromatic carbocycles. The Kier molecular flexibility index (Phi) is 8.88. The summed E-state index contributed by atoms with van der Waals surface area (Å²) >= 11 is 1.66. The number of aromatic nitrogens is 1. The number of fused-ring (bicyclic) bond motifs is 1. The number of anilines is 1. The van der Waals surface area contributed by atoms with Crippen LogP contribution in [0.4, 0.5) is 14.3 Å². The van der Waals surface area contributed by atoms with E-state index in [1.165, 1.54) is 19.2 Å². The van der Waals surface area contributed by atoms with E-state index in [1.807, 2.05) is 5.43 Å². The first-order valence-corrected chi connectivity index (χ1v) is 15.8. The van der Waals surface area contributed by atoms with Crippen LogP contribution >= 0.6 is 23.1 Å². The average molecular weight is 724 g/mol. The van der Waals surface area contributed by atoms with E-state index in [0.717, 1.165) is 21.1 Å².